The molecule has 2 aromatic carbocycles. The summed E-state index contributed by atoms with van der Waals surface area (Å²) in [4.78, 5) is 27.0. The average molecular weight is 645 g/mol. The van der Waals surface area contributed by atoms with Crippen molar-refractivity contribution in [3.05, 3.63) is 70.3 Å². The van der Waals surface area contributed by atoms with E-state index in [1.54, 1.807) is 25.1 Å². The highest BCUT2D eigenvalue weighted by atomic mass is 35.5. The molecule has 0 aromatic heterocycles. The fourth-order valence-electron chi connectivity index (χ4n) is 6.31. The zero-order chi connectivity index (χ0) is 31.4. The number of hydrogen-bond acceptors (Lipinski definition) is 7. The molecule has 2 bridgehead atoms. The van der Waals surface area contributed by atoms with E-state index in [2.05, 4.69) is 9.62 Å². The lowest BCUT2D eigenvalue weighted by molar-refractivity contribution is -0.145. The minimum atomic E-state index is -3.98. The number of halogens is 1. The monoisotopic (exact) mass is 644 g/mol. The van der Waals surface area contributed by atoms with Crippen LogP contribution in [-0.4, -0.2) is 56.5 Å². The van der Waals surface area contributed by atoms with Gasteiger partial charge in [-0.3, -0.25) is 4.79 Å². The van der Waals surface area contributed by atoms with Crippen LogP contribution in [0.3, 0.4) is 0 Å². The van der Waals surface area contributed by atoms with Crippen molar-refractivity contribution in [1.82, 2.24) is 4.72 Å². The van der Waals surface area contributed by atoms with Gasteiger partial charge >= 0.3 is 5.97 Å². The maximum Gasteiger partial charge on any atom is 0.329 e. The molecule has 1 amide bonds. The number of sulfonamides is 1. The number of allylic oxidation sites excluding steroid dienone is 1. The molecule has 0 spiro atoms. The van der Waals surface area contributed by atoms with Crippen LogP contribution in [-0.2, 0) is 32.6 Å². The van der Waals surface area contributed by atoms with Crippen LogP contribution >= 0.6 is 11.6 Å². The van der Waals surface area contributed by atoms with Gasteiger partial charge in [0.1, 0.15) is 19.0 Å². The molecule has 1 fully saturated rings. The quantitative estimate of drug-likeness (QED) is 0.414. The van der Waals surface area contributed by atoms with Gasteiger partial charge in [-0.25, -0.2) is 17.9 Å². The van der Waals surface area contributed by atoms with E-state index in [1.165, 1.54) is 0 Å². The smallest absolute Gasteiger partial charge is 0.329 e. The van der Waals surface area contributed by atoms with Crippen molar-refractivity contribution >= 4 is 39.2 Å². The van der Waals surface area contributed by atoms with E-state index in [4.69, 9.17) is 21.1 Å². The number of benzene rings is 2. The lowest BCUT2D eigenvalue weighted by atomic mass is 9.70. The molecular weight excluding hydrogens is 604 g/mol. The molecule has 0 radical (unpaired) electrons. The first kappa shape index (κ1) is 32.3. The zero-order valence-electron chi connectivity index (χ0n) is 25.2. The SMILES string of the molecule is C[C@H]1C/C=C/[C@H](OCC(=O)O)[C@@H]2CC[C@H]2CN2CCCCc3cc(Cl)ccc3COc3ccc(cc32)C(=O)NS(=O)(=O)[C@H]1C. The molecule has 2 N–H and O–H groups in total. The molecule has 1 saturated carbocycles. The van der Waals surface area contributed by atoms with Gasteiger partial charge in [-0.05, 0) is 105 Å². The third-order valence-corrected chi connectivity index (χ3v) is 11.5. The topological polar surface area (TPSA) is 122 Å². The van der Waals surface area contributed by atoms with Crippen molar-refractivity contribution in [3.8, 4) is 5.75 Å². The Bertz CT molecular complexity index is 1510. The van der Waals surface area contributed by atoms with Crippen molar-refractivity contribution in [3.63, 3.8) is 0 Å². The zero-order valence-corrected chi connectivity index (χ0v) is 26.8. The maximum atomic E-state index is 13.3. The minimum absolute atomic E-state index is 0.107. The number of anilines is 1. The van der Waals surface area contributed by atoms with Gasteiger partial charge in [0, 0.05) is 23.7 Å². The third kappa shape index (κ3) is 7.58. The number of rotatable bonds is 3. The van der Waals surface area contributed by atoms with E-state index in [9.17, 15) is 23.1 Å². The average Bonchev–Trinajstić information content (AvgIpc) is 2.99. The maximum absolute atomic E-state index is 13.3. The van der Waals surface area contributed by atoms with E-state index in [0.29, 0.717) is 36.9 Å². The van der Waals surface area contributed by atoms with Crippen molar-refractivity contribution < 1.29 is 32.6 Å². The molecule has 2 heterocycles. The highest BCUT2D eigenvalue weighted by Gasteiger charge is 2.38. The lowest BCUT2D eigenvalue weighted by Crippen LogP contribution is -2.44. The summed E-state index contributed by atoms with van der Waals surface area (Å²) in [6.07, 6.45) is 8.34. The second-order valence-corrected chi connectivity index (χ2v) is 14.8. The summed E-state index contributed by atoms with van der Waals surface area (Å²) in [6, 6.07) is 10.9. The molecule has 9 nitrogen and oxygen atoms in total. The second-order valence-electron chi connectivity index (χ2n) is 12.3. The summed E-state index contributed by atoms with van der Waals surface area (Å²) in [6.45, 7) is 4.70. The fourth-order valence-corrected chi connectivity index (χ4v) is 7.79. The largest absolute Gasteiger partial charge is 0.487 e. The number of aryl methyl sites for hydroxylation is 1. The van der Waals surface area contributed by atoms with E-state index in [-0.39, 0.29) is 23.3 Å². The van der Waals surface area contributed by atoms with Crippen LogP contribution in [0, 0.1) is 17.8 Å². The predicted octanol–water partition coefficient (Wildman–Crippen LogP) is 5.60. The Morgan fingerprint density at radius 3 is 2.70 bits per heavy atom. The van der Waals surface area contributed by atoms with Crippen LogP contribution in [0.25, 0.3) is 0 Å². The number of aliphatic carboxylic acids is 1. The summed E-state index contributed by atoms with van der Waals surface area (Å²) < 4.78 is 41.0. The first-order valence-corrected chi connectivity index (χ1v) is 17.3. The lowest BCUT2D eigenvalue weighted by Gasteiger charge is -2.44. The van der Waals surface area contributed by atoms with E-state index in [1.807, 2.05) is 37.3 Å². The summed E-state index contributed by atoms with van der Waals surface area (Å²) in [7, 11) is -3.98. The minimum Gasteiger partial charge on any atom is -0.487 e. The first-order chi connectivity index (χ1) is 21.0. The van der Waals surface area contributed by atoms with Crippen LogP contribution < -0.4 is 14.4 Å². The molecule has 2 aliphatic heterocycles. The first-order valence-electron chi connectivity index (χ1n) is 15.4. The predicted molar refractivity (Wildman–Crippen MR) is 170 cm³/mol. The number of carboxylic acid groups (broad SMARTS) is 1. The Morgan fingerprint density at radius 1 is 1.14 bits per heavy atom. The highest BCUT2D eigenvalue weighted by Crippen LogP contribution is 2.42. The third-order valence-electron chi connectivity index (χ3n) is 9.35. The molecule has 1 aliphatic carbocycles. The van der Waals surface area contributed by atoms with Gasteiger partial charge in [-0.1, -0.05) is 36.7 Å². The molecule has 238 valence electrons. The number of amides is 1. The number of ether oxygens (including phenoxy) is 2. The van der Waals surface area contributed by atoms with E-state index < -0.39 is 39.9 Å². The Kier molecular flexibility index (Phi) is 10.2. The molecule has 11 heteroatoms. The summed E-state index contributed by atoms with van der Waals surface area (Å²) in [5, 5.41) is 9.18. The number of fused-ring (bicyclic) bond motifs is 3. The van der Waals surface area contributed by atoms with Crippen molar-refractivity contribution in [2.24, 2.45) is 17.8 Å². The van der Waals surface area contributed by atoms with Crippen molar-refractivity contribution in [1.29, 1.82) is 0 Å². The Labute approximate surface area is 264 Å². The molecule has 0 saturated heterocycles. The number of hydrogen-bond donors (Lipinski definition) is 2. The second kappa shape index (κ2) is 13.9. The van der Waals surface area contributed by atoms with Gasteiger partial charge in [0.2, 0.25) is 10.0 Å². The normalized spacial score (nSPS) is 28.1. The molecular formula is C33H41ClN2O7S. The highest BCUT2D eigenvalue weighted by molar-refractivity contribution is 7.90. The Hall–Kier alpha value is -3.08. The van der Waals surface area contributed by atoms with Gasteiger partial charge < -0.3 is 19.5 Å². The molecule has 44 heavy (non-hydrogen) atoms. The number of nitrogens with zero attached hydrogens (tertiary/aromatic N) is 1. The van der Waals surface area contributed by atoms with Gasteiger partial charge in [0.15, 0.2) is 0 Å². The Balaban J connectivity index is 1.54. The van der Waals surface area contributed by atoms with Crippen LogP contribution in [0.4, 0.5) is 5.69 Å². The molecule has 2 aromatic rings. The van der Waals surface area contributed by atoms with Crippen LogP contribution in [0.1, 0.15) is 67.4 Å². The molecule has 5 atom stereocenters. The van der Waals surface area contributed by atoms with E-state index in [0.717, 1.165) is 48.9 Å². The number of carboxylic acids is 1. The summed E-state index contributed by atoms with van der Waals surface area (Å²) >= 11 is 6.31. The van der Waals surface area contributed by atoms with Gasteiger partial charge in [0.05, 0.1) is 17.0 Å². The van der Waals surface area contributed by atoms with Gasteiger partial charge in [0.25, 0.3) is 5.91 Å². The molecule has 3 aliphatic rings. The molecule has 0 unspecified atom stereocenters. The Morgan fingerprint density at radius 2 is 1.95 bits per heavy atom. The van der Waals surface area contributed by atoms with Crippen molar-refractivity contribution in [2.45, 2.75) is 70.3 Å². The van der Waals surface area contributed by atoms with Gasteiger partial charge in [-0.15, -0.1) is 0 Å². The van der Waals surface area contributed by atoms with Gasteiger partial charge in [-0.2, -0.15) is 0 Å². The van der Waals surface area contributed by atoms with Crippen LogP contribution in [0.5, 0.6) is 5.75 Å². The van der Waals surface area contributed by atoms with Crippen LogP contribution in [0.15, 0.2) is 48.6 Å². The fraction of sp³-hybridized carbons (Fsp3) is 0.515. The standard InChI is InChI=1S/C33H41ClN2O7S/c1-21-6-5-8-30(43-20-32(37)38)28-13-10-25(28)18-36-15-4-3-7-23-16-27(34)12-9-26(23)19-42-31-14-11-24(17-29(31)36)33(39)35-44(40,41)22(21)2/h5,8-9,11-12,14,16-17,21-22,25,28,30H,3-4,6-7,10,13,15,18-20H2,1-2H3,(H,35,39)(H,37,38)/b8-5+/t21-,22-,25-,28+,30-/m0/s1. The molecule has 5 rings (SSSR count). The summed E-state index contributed by atoms with van der Waals surface area (Å²) in [5.74, 6) is -1.06. The number of carbonyl (C=O) groups is 2. The summed E-state index contributed by atoms with van der Waals surface area (Å²) in [5.41, 5.74) is 3.16. The number of nitrogens with one attached hydrogen (secondary N) is 1. The van der Waals surface area contributed by atoms with Crippen molar-refractivity contribution in [2.75, 3.05) is 24.6 Å². The van der Waals surface area contributed by atoms with Crippen LogP contribution in [0.2, 0.25) is 5.02 Å². The van der Waals surface area contributed by atoms with E-state index >= 15 is 0 Å². The number of carbonyl (C=O) groups excluding carboxylic acids is 1.